The Bertz CT molecular complexity index is 480. The Morgan fingerprint density at radius 3 is 2.95 bits per heavy atom. The summed E-state index contributed by atoms with van der Waals surface area (Å²) in [4.78, 5) is 2.28. The SMILES string of the molecule is COCCC[C@]1(CO)CCCN(Cc2cc(C)ccc2F)C1. The normalized spacial score (nSPS) is 22.9. The molecule has 0 bridgehead atoms. The summed E-state index contributed by atoms with van der Waals surface area (Å²) in [5.74, 6) is -0.134. The van der Waals surface area contributed by atoms with Crippen LogP contribution in [0.5, 0.6) is 0 Å². The molecule has 0 saturated carbocycles. The van der Waals surface area contributed by atoms with Crippen LogP contribution < -0.4 is 0 Å². The highest BCUT2D eigenvalue weighted by molar-refractivity contribution is 5.24. The number of hydrogen-bond donors (Lipinski definition) is 1. The van der Waals surface area contributed by atoms with Gasteiger partial charge in [0, 0.05) is 44.4 Å². The first-order valence-corrected chi connectivity index (χ1v) is 8.16. The topological polar surface area (TPSA) is 32.7 Å². The molecule has 124 valence electrons. The number of likely N-dealkylation sites (tertiary alicyclic amines) is 1. The molecule has 4 heteroatoms. The maximum Gasteiger partial charge on any atom is 0.127 e. The van der Waals surface area contributed by atoms with Gasteiger partial charge in [-0.15, -0.1) is 0 Å². The number of rotatable bonds is 7. The van der Waals surface area contributed by atoms with Crippen molar-refractivity contribution in [1.82, 2.24) is 4.90 Å². The van der Waals surface area contributed by atoms with Crippen molar-refractivity contribution < 1.29 is 14.2 Å². The second kappa shape index (κ2) is 8.04. The minimum atomic E-state index is -0.134. The van der Waals surface area contributed by atoms with Crippen LogP contribution in [0, 0.1) is 18.2 Å². The Balaban J connectivity index is 2.01. The minimum absolute atomic E-state index is 0.0585. The maximum absolute atomic E-state index is 14.0. The molecule has 0 spiro atoms. The molecule has 1 heterocycles. The van der Waals surface area contributed by atoms with Gasteiger partial charge in [0.2, 0.25) is 0 Å². The van der Waals surface area contributed by atoms with E-state index in [0.717, 1.165) is 56.5 Å². The van der Waals surface area contributed by atoms with Gasteiger partial charge in [-0.2, -0.15) is 0 Å². The van der Waals surface area contributed by atoms with Crippen molar-refractivity contribution in [3.8, 4) is 0 Å². The molecule has 22 heavy (non-hydrogen) atoms. The van der Waals surface area contributed by atoms with E-state index in [-0.39, 0.29) is 17.8 Å². The number of benzene rings is 1. The van der Waals surface area contributed by atoms with E-state index < -0.39 is 0 Å². The summed E-state index contributed by atoms with van der Waals surface area (Å²) < 4.78 is 19.1. The van der Waals surface area contributed by atoms with E-state index in [1.807, 2.05) is 13.0 Å². The van der Waals surface area contributed by atoms with E-state index in [1.165, 1.54) is 0 Å². The van der Waals surface area contributed by atoms with Gasteiger partial charge >= 0.3 is 0 Å². The van der Waals surface area contributed by atoms with Gasteiger partial charge < -0.3 is 9.84 Å². The number of aryl methyl sites for hydroxylation is 1. The van der Waals surface area contributed by atoms with Crippen LogP contribution in [0.2, 0.25) is 0 Å². The van der Waals surface area contributed by atoms with E-state index in [0.29, 0.717) is 6.54 Å². The van der Waals surface area contributed by atoms with Crippen LogP contribution in [0.3, 0.4) is 0 Å². The highest BCUT2D eigenvalue weighted by atomic mass is 19.1. The molecule has 1 aliphatic rings. The summed E-state index contributed by atoms with van der Waals surface area (Å²) in [5.41, 5.74) is 1.78. The van der Waals surface area contributed by atoms with Crippen LogP contribution in [0.1, 0.15) is 36.8 Å². The number of hydrogen-bond acceptors (Lipinski definition) is 3. The molecule has 2 rings (SSSR count). The zero-order valence-corrected chi connectivity index (χ0v) is 13.8. The first kappa shape index (κ1) is 17.4. The van der Waals surface area contributed by atoms with Gasteiger partial charge in [0.1, 0.15) is 5.82 Å². The number of aliphatic hydroxyl groups is 1. The summed E-state index contributed by atoms with van der Waals surface area (Å²) >= 11 is 0. The van der Waals surface area contributed by atoms with E-state index in [4.69, 9.17) is 4.74 Å². The molecule has 1 atom stereocenters. The third-order valence-corrected chi connectivity index (χ3v) is 4.73. The van der Waals surface area contributed by atoms with Crippen LogP contribution in [0.4, 0.5) is 4.39 Å². The van der Waals surface area contributed by atoms with Gasteiger partial charge in [0.15, 0.2) is 0 Å². The lowest BCUT2D eigenvalue weighted by molar-refractivity contribution is 0.0155. The average molecular weight is 309 g/mol. The third kappa shape index (κ3) is 4.51. The first-order chi connectivity index (χ1) is 10.6. The van der Waals surface area contributed by atoms with Crippen molar-refractivity contribution >= 4 is 0 Å². The largest absolute Gasteiger partial charge is 0.396 e. The molecular weight excluding hydrogens is 281 g/mol. The number of methoxy groups -OCH3 is 1. The molecule has 0 unspecified atom stereocenters. The first-order valence-electron chi connectivity index (χ1n) is 8.16. The maximum atomic E-state index is 14.0. The van der Waals surface area contributed by atoms with Crippen molar-refractivity contribution in [2.24, 2.45) is 5.41 Å². The fourth-order valence-electron chi connectivity index (χ4n) is 3.51. The molecule has 1 aliphatic heterocycles. The van der Waals surface area contributed by atoms with Crippen LogP contribution in [-0.4, -0.2) is 43.4 Å². The second-order valence-electron chi connectivity index (χ2n) is 6.66. The smallest absolute Gasteiger partial charge is 0.127 e. The van der Waals surface area contributed by atoms with Crippen molar-refractivity contribution in [2.45, 2.75) is 39.2 Å². The van der Waals surface area contributed by atoms with Crippen molar-refractivity contribution in [2.75, 3.05) is 33.4 Å². The van der Waals surface area contributed by atoms with E-state index in [2.05, 4.69) is 4.90 Å². The molecule has 0 aromatic heterocycles. The molecule has 0 aliphatic carbocycles. The Morgan fingerprint density at radius 2 is 2.23 bits per heavy atom. The summed E-state index contributed by atoms with van der Waals surface area (Å²) in [5, 5.41) is 9.88. The molecule has 3 nitrogen and oxygen atoms in total. The third-order valence-electron chi connectivity index (χ3n) is 4.73. The highest BCUT2D eigenvalue weighted by Crippen LogP contribution is 2.35. The molecular formula is C18H28FNO2. The quantitative estimate of drug-likeness (QED) is 0.786. The standard InChI is InChI=1S/C18H28FNO2/c1-15-5-6-17(19)16(11-15)12-20-9-3-7-18(13-20,14-21)8-4-10-22-2/h5-6,11,21H,3-4,7-10,12-14H2,1-2H3/t18-/m1/s1. The van der Waals surface area contributed by atoms with E-state index in [9.17, 15) is 9.50 Å². The molecule has 1 saturated heterocycles. The summed E-state index contributed by atoms with van der Waals surface area (Å²) in [7, 11) is 1.71. The number of aliphatic hydroxyl groups excluding tert-OH is 1. The summed E-state index contributed by atoms with van der Waals surface area (Å²) in [6.07, 6.45) is 4.02. The molecule has 1 N–H and O–H groups in total. The second-order valence-corrected chi connectivity index (χ2v) is 6.66. The van der Waals surface area contributed by atoms with Gasteiger partial charge in [-0.25, -0.2) is 4.39 Å². The fraction of sp³-hybridized carbons (Fsp3) is 0.667. The van der Waals surface area contributed by atoms with Crippen LogP contribution in [-0.2, 0) is 11.3 Å². The highest BCUT2D eigenvalue weighted by Gasteiger charge is 2.34. The van der Waals surface area contributed by atoms with Crippen molar-refractivity contribution in [1.29, 1.82) is 0 Å². The van der Waals surface area contributed by atoms with E-state index >= 15 is 0 Å². The molecule has 0 radical (unpaired) electrons. The fourth-order valence-corrected chi connectivity index (χ4v) is 3.51. The molecule has 1 aromatic carbocycles. The van der Waals surface area contributed by atoms with Gasteiger partial charge in [0.25, 0.3) is 0 Å². The molecule has 1 fully saturated rings. The van der Waals surface area contributed by atoms with Crippen LogP contribution in [0.25, 0.3) is 0 Å². The lowest BCUT2D eigenvalue weighted by Gasteiger charge is -2.42. The predicted octanol–water partition coefficient (Wildman–Crippen LogP) is 3.14. The molecule has 0 amide bonds. The average Bonchev–Trinajstić information content (AvgIpc) is 2.52. The number of piperidine rings is 1. The van der Waals surface area contributed by atoms with Gasteiger partial charge in [-0.1, -0.05) is 17.7 Å². The number of nitrogens with zero attached hydrogens (tertiary/aromatic N) is 1. The van der Waals surface area contributed by atoms with Crippen molar-refractivity contribution in [3.05, 3.63) is 35.1 Å². The lowest BCUT2D eigenvalue weighted by Crippen LogP contribution is -2.45. The van der Waals surface area contributed by atoms with E-state index in [1.54, 1.807) is 19.2 Å². The van der Waals surface area contributed by atoms with Crippen LogP contribution in [0.15, 0.2) is 18.2 Å². The Morgan fingerprint density at radius 1 is 1.41 bits per heavy atom. The molecule has 1 aromatic rings. The summed E-state index contributed by atoms with van der Waals surface area (Å²) in [6.45, 7) is 5.35. The lowest BCUT2D eigenvalue weighted by atomic mass is 9.77. The Hall–Kier alpha value is -0.970. The predicted molar refractivity (Wildman–Crippen MR) is 86.3 cm³/mol. The zero-order valence-electron chi connectivity index (χ0n) is 13.8. The summed E-state index contributed by atoms with van der Waals surface area (Å²) in [6, 6.07) is 5.28. The Kier molecular flexibility index (Phi) is 6.36. The minimum Gasteiger partial charge on any atom is -0.396 e. The monoisotopic (exact) mass is 309 g/mol. The van der Waals surface area contributed by atoms with Crippen molar-refractivity contribution in [3.63, 3.8) is 0 Å². The van der Waals surface area contributed by atoms with Gasteiger partial charge in [-0.3, -0.25) is 4.90 Å². The number of halogens is 1. The van der Waals surface area contributed by atoms with Crippen LogP contribution >= 0.6 is 0 Å². The van der Waals surface area contributed by atoms with Gasteiger partial charge in [0.05, 0.1) is 0 Å². The Labute approximate surface area is 133 Å². The number of ether oxygens (including phenoxy) is 1. The zero-order chi connectivity index (χ0) is 16.0. The van der Waals surface area contributed by atoms with Gasteiger partial charge in [-0.05, 0) is 45.2 Å².